The molecule has 0 aliphatic carbocycles. The molecule has 0 aliphatic heterocycles. The van der Waals surface area contributed by atoms with Crippen LogP contribution in [0.1, 0.15) is 10.4 Å². The summed E-state index contributed by atoms with van der Waals surface area (Å²) in [5.74, 6) is -0.311. The number of aliphatic hydroxyl groups is 1. The third kappa shape index (κ3) is 4.59. The number of nitro benzene ring substituents is 1. The molecule has 0 radical (unpaired) electrons. The predicted molar refractivity (Wildman–Crippen MR) is 88.5 cm³/mol. The number of hydrogen-bond acceptors (Lipinski definition) is 7. The zero-order valence-electron chi connectivity index (χ0n) is 13.1. The Labute approximate surface area is 147 Å². The van der Waals surface area contributed by atoms with Gasteiger partial charge in [-0.1, -0.05) is 11.6 Å². The maximum atomic E-state index is 11.8. The van der Waals surface area contributed by atoms with Crippen LogP contribution in [0.15, 0.2) is 36.4 Å². The number of benzene rings is 2. The van der Waals surface area contributed by atoms with E-state index in [0.717, 1.165) is 0 Å². The monoisotopic (exact) mass is 367 g/mol. The van der Waals surface area contributed by atoms with E-state index in [1.807, 2.05) is 0 Å². The van der Waals surface area contributed by atoms with Crippen LogP contribution in [0.2, 0.25) is 5.02 Å². The van der Waals surface area contributed by atoms with E-state index in [4.69, 9.17) is 30.9 Å². The molecule has 0 saturated carbocycles. The van der Waals surface area contributed by atoms with Crippen LogP contribution in [0, 0.1) is 10.1 Å². The Bertz CT molecular complexity index is 794. The largest absolute Gasteiger partial charge is 0.493 e. The van der Waals surface area contributed by atoms with Crippen molar-refractivity contribution in [3.05, 3.63) is 57.1 Å². The molecule has 25 heavy (non-hydrogen) atoms. The van der Waals surface area contributed by atoms with Gasteiger partial charge in [0.25, 0.3) is 0 Å². The summed E-state index contributed by atoms with van der Waals surface area (Å²) in [6.45, 7) is -0.416. The minimum atomic E-state index is -0.642. The summed E-state index contributed by atoms with van der Waals surface area (Å²) in [4.78, 5) is 22.3. The number of aliphatic hydroxyl groups excluding tert-OH is 1. The Kier molecular flexibility index (Phi) is 6.15. The summed E-state index contributed by atoms with van der Waals surface area (Å²) >= 11 is 5.77. The SMILES string of the molecule is COc1cc(C(=O)OCCO)ccc1Oc1ccc(Cl)cc1[N+](=O)[O-]. The first-order valence-corrected chi connectivity index (χ1v) is 7.42. The van der Waals surface area contributed by atoms with Crippen LogP contribution in [-0.4, -0.2) is 36.3 Å². The lowest BCUT2D eigenvalue weighted by Gasteiger charge is -2.12. The summed E-state index contributed by atoms with van der Waals surface area (Å²) < 4.78 is 15.5. The van der Waals surface area contributed by atoms with E-state index in [-0.39, 0.29) is 46.7 Å². The van der Waals surface area contributed by atoms with Crippen LogP contribution in [0.5, 0.6) is 17.2 Å². The van der Waals surface area contributed by atoms with Crippen molar-refractivity contribution in [1.29, 1.82) is 0 Å². The molecule has 0 unspecified atom stereocenters. The van der Waals surface area contributed by atoms with Gasteiger partial charge >= 0.3 is 11.7 Å². The normalized spacial score (nSPS) is 10.2. The number of rotatable bonds is 7. The fraction of sp³-hybridized carbons (Fsp3) is 0.188. The highest BCUT2D eigenvalue weighted by atomic mass is 35.5. The van der Waals surface area contributed by atoms with Gasteiger partial charge in [-0.05, 0) is 30.3 Å². The van der Waals surface area contributed by atoms with Gasteiger partial charge in [-0.3, -0.25) is 10.1 Å². The second kappa shape index (κ2) is 8.32. The van der Waals surface area contributed by atoms with E-state index < -0.39 is 10.9 Å². The van der Waals surface area contributed by atoms with Crippen molar-refractivity contribution in [1.82, 2.24) is 0 Å². The zero-order chi connectivity index (χ0) is 18.4. The maximum absolute atomic E-state index is 11.8. The molecule has 2 aromatic rings. The molecule has 0 spiro atoms. The second-order valence-corrected chi connectivity index (χ2v) is 5.13. The molecule has 0 aliphatic rings. The average Bonchev–Trinajstić information content (AvgIpc) is 2.61. The quantitative estimate of drug-likeness (QED) is 0.454. The number of carbonyl (C=O) groups is 1. The van der Waals surface area contributed by atoms with Crippen molar-refractivity contribution < 1.29 is 29.0 Å². The van der Waals surface area contributed by atoms with E-state index in [2.05, 4.69) is 0 Å². The molecule has 0 atom stereocenters. The van der Waals surface area contributed by atoms with Crippen molar-refractivity contribution in [2.45, 2.75) is 0 Å². The highest BCUT2D eigenvalue weighted by Gasteiger charge is 2.19. The van der Waals surface area contributed by atoms with E-state index in [0.29, 0.717) is 0 Å². The smallest absolute Gasteiger partial charge is 0.338 e. The fourth-order valence-corrected chi connectivity index (χ4v) is 2.10. The highest BCUT2D eigenvalue weighted by Crippen LogP contribution is 2.37. The predicted octanol–water partition coefficient (Wildman–Crippen LogP) is 3.20. The van der Waals surface area contributed by atoms with E-state index in [1.54, 1.807) is 0 Å². The summed E-state index contributed by atoms with van der Waals surface area (Å²) in [5.41, 5.74) is -0.121. The number of halogens is 1. The van der Waals surface area contributed by atoms with E-state index >= 15 is 0 Å². The van der Waals surface area contributed by atoms with Gasteiger partial charge in [0.05, 0.1) is 24.2 Å². The molecule has 0 bridgehead atoms. The first-order chi connectivity index (χ1) is 12.0. The molecule has 2 rings (SSSR count). The topological polar surface area (TPSA) is 108 Å². The van der Waals surface area contributed by atoms with Gasteiger partial charge in [0, 0.05) is 11.1 Å². The number of hydrogen-bond donors (Lipinski definition) is 1. The maximum Gasteiger partial charge on any atom is 0.338 e. The average molecular weight is 368 g/mol. The van der Waals surface area contributed by atoms with Crippen molar-refractivity contribution in [2.24, 2.45) is 0 Å². The number of ether oxygens (including phenoxy) is 3. The lowest BCUT2D eigenvalue weighted by molar-refractivity contribution is -0.385. The Morgan fingerprint density at radius 1 is 1.20 bits per heavy atom. The number of methoxy groups -OCH3 is 1. The second-order valence-electron chi connectivity index (χ2n) is 4.70. The molecular formula is C16H14ClNO7. The summed E-state index contributed by atoms with van der Waals surface area (Å²) in [6, 6.07) is 8.20. The summed E-state index contributed by atoms with van der Waals surface area (Å²) in [7, 11) is 1.36. The number of nitrogens with zero attached hydrogens (tertiary/aromatic N) is 1. The Morgan fingerprint density at radius 2 is 1.92 bits per heavy atom. The summed E-state index contributed by atoms with van der Waals surface area (Å²) in [5, 5.41) is 20.0. The van der Waals surface area contributed by atoms with Crippen molar-refractivity contribution >= 4 is 23.3 Å². The van der Waals surface area contributed by atoms with Gasteiger partial charge in [0.1, 0.15) is 6.61 Å². The molecular weight excluding hydrogens is 354 g/mol. The molecule has 2 aromatic carbocycles. The van der Waals surface area contributed by atoms with Crippen LogP contribution < -0.4 is 9.47 Å². The number of carbonyl (C=O) groups excluding carboxylic acids is 1. The Morgan fingerprint density at radius 3 is 2.56 bits per heavy atom. The van der Waals surface area contributed by atoms with Crippen LogP contribution in [0.25, 0.3) is 0 Å². The van der Waals surface area contributed by atoms with Gasteiger partial charge in [0.15, 0.2) is 11.5 Å². The third-order valence-electron chi connectivity index (χ3n) is 3.06. The van der Waals surface area contributed by atoms with Gasteiger partial charge in [0.2, 0.25) is 5.75 Å². The first-order valence-electron chi connectivity index (χ1n) is 7.04. The minimum absolute atomic E-state index is 0.0247. The molecule has 0 aromatic heterocycles. The molecule has 132 valence electrons. The molecule has 9 heteroatoms. The standard InChI is InChI=1S/C16H14ClNO7/c1-23-15-8-10(16(20)24-7-6-19)2-4-14(15)25-13-5-3-11(17)9-12(13)18(21)22/h2-5,8-9,19H,6-7H2,1H3. The lowest BCUT2D eigenvalue weighted by atomic mass is 10.2. The molecule has 0 fully saturated rings. The molecule has 8 nitrogen and oxygen atoms in total. The molecule has 0 saturated heterocycles. The lowest BCUT2D eigenvalue weighted by Crippen LogP contribution is -2.09. The number of nitro groups is 1. The van der Waals surface area contributed by atoms with Gasteiger partial charge in [-0.15, -0.1) is 0 Å². The molecule has 0 amide bonds. The number of esters is 1. The van der Waals surface area contributed by atoms with Crippen LogP contribution in [-0.2, 0) is 4.74 Å². The Hall–Kier alpha value is -2.84. The van der Waals surface area contributed by atoms with Crippen LogP contribution >= 0.6 is 11.6 Å². The third-order valence-corrected chi connectivity index (χ3v) is 3.30. The van der Waals surface area contributed by atoms with E-state index in [1.165, 1.54) is 43.5 Å². The van der Waals surface area contributed by atoms with Gasteiger partial charge < -0.3 is 19.3 Å². The summed E-state index contributed by atoms with van der Waals surface area (Å²) in [6.07, 6.45) is 0. The van der Waals surface area contributed by atoms with Crippen molar-refractivity contribution in [3.8, 4) is 17.2 Å². The molecule has 1 N–H and O–H groups in total. The van der Waals surface area contributed by atoms with E-state index in [9.17, 15) is 14.9 Å². The minimum Gasteiger partial charge on any atom is -0.493 e. The molecule has 0 heterocycles. The first kappa shape index (κ1) is 18.5. The Balaban J connectivity index is 2.32. The van der Waals surface area contributed by atoms with Gasteiger partial charge in [-0.2, -0.15) is 0 Å². The van der Waals surface area contributed by atoms with Crippen molar-refractivity contribution in [3.63, 3.8) is 0 Å². The van der Waals surface area contributed by atoms with Crippen molar-refractivity contribution in [2.75, 3.05) is 20.3 Å². The van der Waals surface area contributed by atoms with Gasteiger partial charge in [-0.25, -0.2) is 4.79 Å². The highest BCUT2D eigenvalue weighted by molar-refractivity contribution is 6.30. The zero-order valence-corrected chi connectivity index (χ0v) is 13.9. The van der Waals surface area contributed by atoms with Crippen LogP contribution in [0.3, 0.4) is 0 Å². The van der Waals surface area contributed by atoms with Crippen LogP contribution in [0.4, 0.5) is 5.69 Å². The fourth-order valence-electron chi connectivity index (χ4n) is 1.94.